The summed E-state index contributed by atoms with van der Waals surface area (Å²) in [7, 11) is 0. The van der Waals surface area contributed by atoms with Gasteiger partial charge in [0.1, 0.15) is 6.10 Å². The first-order valence-corrected chi connectivity index (χ1v) is 10.2. The van der Waals surface area contributed by atoms with Crippen molar-refractivity contribution in [3.63, 3.8) is 0 Å². The zero-order chi connectivity index (χ0) is 18.8. The average Bonchev–Trinajstić information content (AvgIpc) is 2.60. The van der Waals surface area contributed by atoms with E-state index in [1.54, 1.807) is 6.92 Å². The number of aliphatic hydroxyl groups excluding tert-OH is 2. The topological polar surface area (TPSA) is 66.8 Å². The monoisotopic (exact) mass is 356 g/mol. The van der Waals surface area contributed by atoms with Gasteiger partial charge in [0.05, 0.1) is 12.7 Å². The van der Waals surface area contributed by atoms with Crippen molar-refractivity contribution in [3.05, 3.63) is 12.2 Å². The molecule has 0 saturated heterocycles. The van der Waals surface area contributed by atoms with Crippen molar-refractivity contribution in [2.24, 2.45) is 0 Å². The third-order valence-corrected chi connectivity index (χ3v) is 4.31. The van der Waals surface area contributed by atoms with Gasteiger partial charge in [0, 0.05) is 6.42 Å². The number of esters is 1. The Balaban J connectivity index is 3.36. The van der Waals surface area contributed by atoms with Crippen LogP contribution < -0.4 is 0 Å². The van der Waals surface area contributed by atoms with Crippen molar-refractivity contribution < 1.29 is 19.7 Å². The summed E-state index contributed by atoms with van der Waals surface area (Å²) in [5.41, 5.74) is 0. The van der Waals surface area contributed by atoms with Crippen LogP contribution in [0.3, 0.4) is 0 Å². The molecular weight excluding hydrogens is 316 g/mol. The molecule has 148 valence electrons. The van der Waals surface area contributed by atoms with Gasteiger partial charge in [0.2, 0.25) is 0 Å². The predicted molar refractivity (Wildman–Crippen MR) is 103 cm³/mol. The molecule has 2 N–H and O–H groups in total. The summed E-state index contributed by atoms with van der Waals surface area (Å²) in [6, 6.07) is 0. The number of carbonyl (C=O) groups is 1. The Kier molecular flexibility index (Phi) is 17.3. The molecule has 2 atom stereocenters. The zero-order valence-electron chi connectivity index (χ0n) is 16.4. The number of allylic oxidation sites excluding steroid dienone is 1. The highest BCUT2D eigenvalue weighted by atomic mass is 16.5. The van der Waals surface area contributed by atoms with Crippen LogP contribution in [-0.2, 0) is 9.53 Å². The molecule has 0 bridgehead atoms. The highest BCUT2D eigenvalue weighted by Crippen LogP contribution is 2.11. The van der Waals surface area contributed by atoms with Crippen LogP contribution in [0.25, 0.3) is 0 Å². The summed E-state index contributed by atoms with van der Waals surface area (Å²) in [5, 5.41) is 18.7. The molecule has 0 aromatic carbocycles. The minimum atomic E-state index is -0.394. The van der Waals surface area contributed by atoms with Gasteiger partial charge in [-0.2, -0.15) is 0 Å². The van der Waals surface area contributed by atoms with Gasteiger partial charge in [0.15, 0.2) is 0 Å². The molecule has 0 radical (unpaired) electrons. The molecule has 0 aliphatic rings. The molecule has 4 heteroatoms. The Labute approximate surface area is 154 Å². The van der Waals surface area contributed by atoms with Gasteiger partial charge in [-0.05, 0) is 39.0 Å². The molecule has 25 heavy (non-hydrogen) atoms. The van der Waals surface area contributed by atoms with Crippen LogP contribution in [0, 0.1) is 0 Å². The van der Waals surface area contributed by atoms with E-state index in [1.807, 2.05) is 0 Å². The first-order valence-electron chi connectivity index (χ1n) is 10.2. The number of ether oxygens (including phenoxy) is 1. The lowest BCUT2D eigenvalue weighted by molar-refractivity contribution is -0.150. The first-order chi connectivity index (χ1) is 12.1. The van der Waals surface area contributed by atoms with Crippen molar-refractivity contribution in [2.75, 3.05) is 6.61 Å². The molecule has 0 aliphatic carbocycles. The van der Waals surface area contributed by atoms with Crippen LogP contribution in [0.5, 0.6) is 0 Å². The maximum atomic E-state index is 11.4. The molecular formula is C21H40O4. The third kappa shape index (κ3) is 17.7. The molecule has 0 saturated carbocycles. The van der Waals surface area contributed by atoms with E-state index in [2.05, 4.69) is 19.1 Å². The largest absolute Gasteiger partial charge is 0.460 e. The molecule has 0 spiro atoms. The summed E-state index contributed by atoms with van der Waals surface area (Å²) in [5.74, 6) is -0.210. The number of unbranched alkanes of at least 4 members (excludes halogenated alkanes) is 8. The standard InChI is InChI=1S/C21H40O4/c1-3-4-5-12-15-20(23)16-13-10-8-6-7-9-11-14-17-21(24)25-19(2)18-22/h10,13,19-20,22-23H,3-9,11-12,14-18H2,1-2H3/b13-10-/t19?,20-/m1/s1. The van der Waals surface area contributed by atoms with Gasteiger partial charge in [-0.25, -0.2) is 0 Å². The second-order valence-corrected chi connectivity index (χ2v) is 7.00. The van der Waals surface area contributed by atoms with Crippen LogP contribution in [-0.4, -0.2) is 35.0 Å². The van der Waals surface area contributed by atoms with Crippen molar-refractivity contribution in [1.29, 1.82) is 0 Å². The summed E-state index contributed by atoms with van der Waals surface area (Å²) in [4.78, 5) is 11.4. The summed E-state index contributed by atoms with van der Waals surface area (Å²) < 4.78 is 5.01. The molecule has 0 fully saturated rings. The maximum Gasteiger partial charge on any atom is 0.306 e. The quantitative estimate of drug-likeness (QED) is 0.220. The van der Waals surface area contributed by atoms with Gasteiger partial charge in [-0.15, -0.1) is 0 Å². The average molecular weight is 357 g/mol. The van der Waals surface area contributed by atoms with Gasteiger partial charge >= 0.3 is 5.97 Å². The summed E-state index contributed by atoms with van der Waals surface area (Å²) in [6.07, 6.45) is 17.2. The number of carbonyl (C=O) groups excluding carboxylic acids is 1. The van der Waals surface area contributed by atoms with E-state index in [0.29, 0.717) is 6.42 Å². The van der Waals surface area contributed by atoms with Crippen LogP contribution >= 0.6 is 0 Å². The van der Waals surface area contributed by atoms with Crippen molar-refractivity contribution in [1.82, 2.24) is 0 Å². The molecule has 1 unspecified atom stereocenters. The van der Waals surface area contributed by atoms with E-state index >= 15 is 0 Å². The van der Waals surface area contributed by atoms with Crippen LogP contribution in [0.15, 0.2) is 12.2 Å². The Bertz CT molecular complexity index is 328. The molecule has 4 nitrogen and oxygen atoms in total. The molecule has 0 rings (SSSR count). The van der Waals surface area contributed by atoms with Crippen LogP contribution in [0.2, 0.25) is 0 Å². The van der Waals surface area contributed by atoms with Gasteiger partial charge in [-0.3, -0.25) is 4.79 Å². The number of hydrogen-bond donors (Lipinski definition) is 2. The van der Waals surface area contributed by atoms with E-state index in [1.165, 1.54) is 25.7 Å². The smallest absolute Gasteiger partial charge is 0.306 e. The predicted octanol–water partition coefficient (Wildman–Crippen LogP) is 4.92. The lowest BCUT2D eigenvalue weighted by Gasteiger charge is -2.09. The fourth-order valence-electron chi connectivity index (χ4n) is 2.68. The van der Waals surface area contributed by atoms with Gasteiger partial charge in [0.25, 0.3) is 0 Å². The first kappa shape index (κ1) is 24.1. The summed E-state index contributed by atoms with van der Waals surface area (Å²) >= 11 is 0. The molecule has 0 aliphatic heterocycles. The molecule has 0 aromatic heterocycles. The fraction of sp³-hybridized carbons (Fsp3) is 0.857. The highest BCUT2D eigenvalue weighted by molar-refractivity contribution is 5.69. The second-order valence-electron chi connectivity index (χ2n) is 7.00. The van der Waals surface area contributed by atoms with E-state index in [4.69, 9.17) is 9.84 Å². The molecule has 0 amide bonds. The number of rotatable bonds is 17. The Morgan fingerprint density at radius 1 is 1.00 bits per heavy atom. The normalized spacial score (nSPS) is 13.9. The van der Waals surface area contributed by atoms with E-state index in [-0.39, 0.29) is 18.7 Å². The minimum absolute atomic E-state index is 0.116. The van der Waals surface area contributed by atoms with Crippen LogP contribution in [0.4, 0.5) is 0 Å². The number of hydrogen-bond acceptors (Lipinski definition) is 4. The Morgan fingerprint density at radius 3 is 2.40 bits per heavy atom. The van der Waals surface area contributed by atoms with Crippen molar-refractivity contribution in [2.45, 2.75) is 110 Å². The summed E-state index contributed by atoms with van der Waals surface area (Å²) in [6.45, 7) is 3.78. The van der Waals surface area contributed by atoms with Crippen molar-refractivity contribution in [3.8, 4) is 0 Å². The van der Waals surface area contributed by atoms with Gasteiger partial charge < -0.3 is 14.9 Å². The Morgan fingerprint density at radius 2 is 1.68 bits per heavy atom. The lowest BCUT2D eigenvalue weighted by Crippen LogP contribution is -2.18. The van der Waals surface area contributed by atoms with E-state index in [0.717, 1.165) is 51.4 Å². The van der Waals surface area contributed by atoms with Gasteiger partial charge in [-0.1, -0.05) is 64.0 Å². The van der Waals surface area contributed by atoms with E-state index in [9.17, 15) is 9.90 Å². The maximum absolute atomic E-state index is 11.4. The number of aliphatic hydroxyl groups is 2. The Hall–Kier alpha value is -0.870. The second kappa shape index (κ2) is 17.9. The zero-order valence-corrected chi connectivity index (χ0v) is 16.4. The fourth-order valence-corrected chi connectivity index (χ4v) is 2.68. The SMILES string of the molecule is CCCCCC[C@@H](O)C/C=C\CCCCCCCC(=O)OC(C)CO. The van der Waals surface area contributed by atoms with Crippen LogP contribution in [0.1, 0.15) is 97.3 Å². The van der Waals surface area contributed by atoms with Crippen molar-refractivity contribution >= 4 is 5.97 Å². The van der Waals surface area contributed by atoms with E-state index < -0.39 is 6.10 Å². The molecule has 0 aromatic rings. The minimum Gasteiger partial charge on any atom is -0.460 e. The highest BCUT2D eigenvalue weighted by Gasteiger charge is 2.07. The lowest BCUT2D eigenvalue weighted by atomic mass is 10.1. The third-order valence-electron chi connectivity index (χ3n) is 4.31. The molecule has 0 heterocycles.